The molecule has 1 fully saturated rings. The predicted molar refractivity (Wildman–Crippen MR) is 64.0 cm³/mol. The summed E-state index contributed by atoms with van der Waals surface area (Å²) < 4.78 is 0. The summed E-state index contributed by atoms with van der Waals surface area (Å²) in [4.78, 5) is 14.0. The van der Waals surface area contributed by atoms with Gasteiger partial charge < -0.3 is 10.6 Å². The van der Waals surface area contributed by atoms with Crippen LogP contribution in [0, 0.1) is 5.92 Å². The third-order valence-electron chi connectivity index (χ3n) is 3.15. The second-order valence-corrected chi connectivity index (χ2v) is 4.55. The van der Waals surface area contributed by atoms with Crippen molar-refractivity contribution in [3.8, 4) is 0 Å². The first kappa shape index (κ1) is 11.1. The van der Waals surface area contributed by atoms with Crippen LogP contribution in [0.15, 0.2) is 24.3 Å². The summed E-state index contributed by atoms with van der Waals surface area (Å²) in [5, 5.41) is 0. The van der Waals surface area contributed by atoms with Gasteiger partial charge in [-0.25, -0.2) is 0 Å². The molecule has 0 unspecified atom stereocenters. The minimum absolute atomic E-state index is 0.146. The van der Waals surface area contributed by atoms with Gasteiger partial charge in [-0.05, 0) is 30.0 Å². The van der Waals surface area contributed by atoms with E-state index in [2.05, 4.69) is 6.92 Å². The zero-order chi connectivity index (χ0) is 11.5. The van der Waals surface area contributed by atoms with Crippen LogP contribution in [0.2, 0.25) is 0 Å². The molecule has 0 aromatic heterocycles. The highest BCUT2D eigenvalue weighted by Gasteiger charge is 2.23. The van der Waals surface area contributed by atoms with E-state index in [-0.39, 0.29) is 5.91 Å². The molecule has 1 aliphatic rings. The number of amides is 1. The van der Waals surface area contributed by atoms with E-state index in [1.54, 1.807) is 0 Å². The predicted octanol–water partition coefficient (Wildman–Crippen LogP) is 1.63. The first-order valence-electron chi connectivity index (χ1n) is 5.79. The number of carbonyl (C=O) groups excluding carboxylic acids is 1. The molecule has 16 heavy (non-hydrogen) atoms. The SMILES string of the molecule is C[C@H]1CCN(C(=O)c2ccc(CN)cc2)C1. The van der Waals surface area contributed by atoms with Gasteiger partial charge in [-0.15, -0.1) is 0 Å². The van der Waals surface area contributed by atoms with Crippen LogP contribution in [-0.2, 0) is 6.54 Å². The van der Waals surface area contributed by atoms with Gasteiger partial charge in [0, 0.05) is 25.2 Å². The van der Waals surface area contributed by atoms with Crippen LogP contribution in [0.25, 0.3) is 0 Å². The summed E-state index contributed by atoms with van der Waals surface area (Å²) in [6.45, 7) is 4.48. The lowest BCUT2D eigenvalue weighted by molar-refractivity contribution is 0.0788. The molecule has 1 aromatic carbocycles. The van der Waals surface area contributed by atoms with Crippen molar-refractivity contribution in [1.29, 1.82) is 0 Å². The van der Waals surface area contributed by atoms with Crippen LogP contribution in [0.1, 0.15) is 29.3 Å². The van der Waals surface area contributed by atoms with Gasteiger partial charge in [0.15, 0.2) is 0 Å². The smallest absolute Gasteiger partial charge is 0.253 e. The molecule has 1 aliphatic heterocycles. The Bertz CT molecular complexity index is 372. The molecule has 0 spiro atoms. The van der Waals surface area contributed by atoms with Crippen LogP contribution in [0.5, 0.6) is 0 Å². The molecule has 86 valence electrons. The Morgan fingerprint density at radius 1 is 1.44 bits per heavy atom. The lowest BCUT2D eigenvalue weighted by Crippen LogP contribution is -2.28. The zero-order valence-electron chi connectivity index (χ0n) is 9.65. The molecule has 0 aliphatic carbocycles. The first-order valence-corrected chi connectivity index (χ1v) is 5.79. The minimum atomic E-state index is 0.146. The van der Waals surface area contributed by atoms with Crippen LogP contribution < -0.4 is 5.73 Å². The number of carbonyl (C=O) groups is 1. The Kier molecular flexibility index (Phi) is 3.25. The highest BCUT2D eigenvalue weighted by atomic mass is 16.2. The molecule has 1 saturated heterocycles. The summed E-state index contributed by atoms with van der Waals surface area (Å²) in [5.41, 5.74) is 7.35. The van der Waals surface area contributed by atoms with Crippen molar-refractivity contribution in [2.45, 2.75) is 19.9 Å². The quantitative estimate of drug-likeness (QED) is 0.820. The minimum Gasteiger partial charge on any atom is -0.338 e. The fourth-order valence-electron chi connectivity index (χ4n) is 2.09. The van der Waals surface area contributed by atoms with Crippen LogP contribution in [-0.4, -0.2) is 23.9 Å². The maximum Gasteiger partial charge on any atom is 0.253 e. The van der Waals surface area contributed by atoms with E-state index in [9.17, 15) is 4.79 Å². The average molecular weight is 218 g/mol. The van der Waals surface area contributed by atoms with Gasteiger partial charge in [0.05, 0.1) is 0 Å². The Hall–Kier alpha value is -1.35. The van der Waals surface area contributed by atoms with E-state index in [1.807, 2.05) is 29.2 Å². The molecule has 0 radical (unpaired) electrons. The van der Waals surface area contributed by atoms with E-state index in [1.165, 1.54) is 0 Å². The molecular weight excluding hydrogens is 200 g/mol. The van der Waals surface area contributed by atoms with Gasteiger partial charge in [-0.3, -0.25) is 4.79 Å². The van der Waals surface area contributed by atoms with Crippen molar-refractivity contribution < 1.29 is 4.79 Å². The summed E-state index contributed by atoms with van der Waals surface area (Å²) >= 11 is 0. The monoisotopic (exact) mass is 218 g/mol. The molecule has 1 heterocycles. The highest BCUT2D eigenvalue weighted by Crippen LogP contribution is 2.18. The van der Waals surface area contributed by atoms with E-state index >= 15 is 0 Å². The Morgan fingerprint density at radius 3 is 2.62 bits per heavy atom. The van der Waals surface area contributed by atoms with Gasteiger partial charge in [-0.2, -0.15) is 0 Å². The maximum absolute atomic E-state index is 12.1. The number of nitrogens with zero attached hydrogens (tertiary/aromatic N) is 1. The summed E-state index contributed by atoms with van der Waals surface area (Å²) in [6.07, 6.45) is 1.12. The highest BCUT2D eigenvalue weighted by molar-refractivity contribution is 5.94. The standard InChI is InChI=1S/C13H18N2O/c1-10-6-7-15(9-10)13(16)12-4-2-11(8-14)3-5-12/h2-5,10H,6-9,14H2,1H3/t10-/m0/s1. The molecule has 1 atom stereocenters. The van der Waals surface area contributed by atoms with Crippen LogP contribution in [0.4, 0.5) is 0 Å². The molecule has 1 amide bonds. The topological polar surface area (TPSA) is 46.3 Å². The number of benzene rings is 1. The normalized spacial score (nSPS) is 20.1. The Balaban J connectivity index is 2.08. The number of hydrogen-bond acceptors (Lipinski definition) is 2. The molecule has 3 heteroatoms. The van der Waals surface area contributed by atoms with Crippen molar-refractivity contribution in [2.24, 2.45) is 11.7 Å². The molecule has 1 aromatic rings. The van der Waals surface area contributed by atoms with Crippen molar-refractivity contribution >= 4 is 5.91 Å². The lowest BCUT2D eigenvalue weighted by Gasteiger charge is -2.15. The van der Waals surface area contributed by atoms with Crippen molar-refractivity contribution in [3.63, 3.8) is 0 Å². The third-order valence-corrected chi connectivity index (χ3v) is 3.15. The zero-order valence-corrected chi connectivity index (χ0v) is 9.65. The van der Waals surface area contributed by atoms with Gasteiger partial charge in [-0.1, -0.05) is 19.1 Å². The van der Waals surface area contributed by atoms with Crippen molar-refractivity contribution in [3.05, 3.63) is 35.4 Å². The van der Waals surface area contributed by atoms with Crippen molar-refractivity contribution in [1.82, 2.24) is 4.90 Å². The fourth-order valence-corrected chi connectivity index (χ4v) is 2.09. The second kappa shape index (κ2) is 4.66. The van der Waals surface area contributed by atoms with Gasteiger partial charge in [0.2, 0.25) is 0 Å². The molecule has 3 nitrogen and oxygen atoms in total. The van der Waals surface area contributed by atoms with Gasteiger partial charge >= 0.3 is 0 Å². The first-order chi connectivity index (χ1) is 7.70. The largest absolute Gasteiger partial charge is 0.338 e. The summed E-state index contributed by atoms with van der Waals surface area (Å²) in [6, 6.07) is 7.58. The number of likely N-dealkylation sites (tertiary alicyclic amines) is 1. The average Bonchev–Trinajstić information content (AvgIpc) is 2.75. The van der Waals surface area contributed by atoms with Crippen molar-refractivity contribution in [2.75, 3.05) is 13.1 Å². The molecule has 0 saturated carbocycles. The number of rotatable bonds is 2. The molecular formula is C13H18N2O. The van der Waals surface area contributed by atoms with E-state index in [4.69, 9.17) is 5.73 Å². The molecule has 2 N–H and O–H groups in total. The summed E-state index contributed by atoms with van der Waals surface area (Å²) in [7, 11) is 0. The lowest BCUT2D eigenvalue weighted by atomic mass is 10.1. The Morgan fingerprint density at radius 2 is 2.12 bits per heavy atom. The van der Waals surface area contributed by atoms with Gasteiger partial charge in [0.25, 0.3) is 5.91 Å². The number of nitrogens with two attached hydrogens (primary N) is 1. The van der Waals surface area contributed by atoms with Crippen LogP contribution >= 0.6 is 0 Å². The van der Waals surface area contributed by atoms with Gasteiger partial charge in [0.1, 0.15) is 0 Å². The number of hydrogen-bond donors (Lipinski definition) is 1. The summed E-state index contributed by atoms with van der Waals surface area (Å²) in [5.74, 6) is 0.778. The second-order valence-electron chi connectivity index (χ2n) is 4.55. The fraction of sp³-hybridized carbons (Fsp3) is 0.462. The van der Waals surface area contributed by atoms with E-state index in [0.717, 1.165) is 30.6 Å². The maximum atomic E-state index is 12.1. The van der Waals surface area contributed by atoms with E-state index in [0.29, 0.717) is 12.5 Å². The molecule has 2 rings (SSSR count). The van der Waals surface area contributed by atoms with E-state index < -0.39 is 0 Å². The third kappa shape index (κ3) is 2.25. The Labute approximate surface area is 96.2 Å². The van der Waals surface area contributed by atoms with Crippen LogP contribution in [0.3, 0.4) is 0 Å². The molecule has 0 bridgehead atoms.